The standard InChI is InChI=1S/C9H16O3/c1-3-9(5-7-11)12-8(2)4-6-10/h6-9H,3-5H2,1-2H3. The maximum absolute atomic E-state index is 10.2. The highest BCUT2D eigenvalue weighted by Crippen LogP contribution is 2.07. The predicted molar refractivity (Wildman–Crippen MR) is 46.0 cm³/mol. The zero-order valence-electron chi connectivity index (χ0n) is 7.66. The van der Waals surface area contributed by atoms with Gasteiger partial charge in [-0.3, -0.25) is 0 Å². The average molecular weight is 172 g/mol. The molecule has 0 saturated carbocycles. The number of hydrogen-bond acceptors (Lipinski definition) is 3. The van der Waals surface area contributed by atoms with Gasteiger partial charge in [-0.2, -0.15) is 0 Å². The van der Waals surface area contributed by atoms with Crippen molar-refractivity contribution in [2.24, 2.45) is 0 Å². The molecular formula is C9H16O3. The highest BCUT2D eigenvalue weighted by atomic mass is 16.5. The van der Waals surface area contributed by atoms with Gasteiger partial charge >= 0.3 is 0 Å². The first kappa shape index (κ1) is 11.3. The Morgan fingerprint density at radius 1 is 1.25 bits per heavy atom. The number of rotatable bonds is 7. The van der Waals surface area contributed by atoms with Crippen LogP contribution in [0.2, 0.25) is 0 Å². The van der Waals surface area contributed by atoms with Crippen molar-refractivity contribution in [3.63, 3.8) is 0 Å². The van der Waals surface area contributed by atoms with Gasteiger partial charge in [0, 0.05) is 12.8 Å². The molecule has 0 fully saturated rings. The molecule has 70 valence electrons. The van der Waals surface area contributed by atoms with E-state index in [1.54, 1.807) is 0 Å². The van der Waals surface area contributed by atoms with E-state index in [9.17, 15) is 9.59 Å². The molecule has 12 heavy (non-hydrogen) atoms. The third-order valence-corrected chi connectivity index (χ3v) is 1.67. The summed E-state index contributed by atoms with van der Waals surface area (Å²) in [6.07, 6.45) is 3.20. The largest absolute Gasteiger partial charge is 0.374 e. The summed E-state index contributed by atoms with van der Waals surface area (Å²) in [5, 5.41) is 0. The molecule has 0 aliphatic carbocycles. The van der Waals surface area contributed by atoms with Gasteiger partial charge < -0.3 is 14.3 Å². The van der Waals surface area contributed by atoms with Crippen LogP contribution in [0.1, 0.15) is 33.1 Å². The maximum atomic E-state index is 10.2. The predicted octanol–water partition coefficient (Wildman–Crippen LogP) is 1.35. The molecule has 2 atom stereocenters. The van der Waals surface area contributed by atoms with E-state index in [1.807, 2.05) is 13.8 Å². The van der Waals surface area contributed by atoms with Crippen LogP contribution in [0.5, 0.6) is 0 Å². The van der Waals surface area contributed by atoms with Gasteiger partial charge in [0.15, 0.2) is 0 Å². The Kier molecular flexibility index (Phi) is 6.57. The Morgan fingerprint density at radius 3 is 2.25 bits per heavy atom. The number of aldehydes is 2. The Bertz CT molecular complexity index is 134. The van der Waals surface area contributed by atoms with E-state index in [1.165, 1.54) is 0 Å². The molecule has 0 bridgehead atoms. The van der Waals surface area contributed by atoms with E-state index in [0.29, 0.717) is 12.8 Å². The molecule has 0 radical (unpaired) electrons. The van der Waals surface area contributed by atoms with Crippen molar-refractivity contribution in [2.75, 3.05) is 0 Å². The topological polar surface area (TPSA) is 43.4 Å². The molecule has 0 heterocycles. The molecule has 0 aromatic carbocycles. The summed E-state index contributed by atoms with van der Waals surface area (Å²) in [6, 6.07) is 0. The van der Waals surface area contributed by atoms with Crippen LogP contribution < -0.4 is 0 Å². The highest BCUT2D eigenvalue weighted by Gasteiger charge is 2.10. The molecule has 0 amide bonds. The van der Waals surface area contributed by atoms with E-state index < -0.39 is 0 Å². The molecule has 0 N–H and O–H groups in total. The molecular weight excluding hydrogens is 156 g/mol. The molecule has 0 spiro atoms. The van der Waals surface area contributed by atoms with E-state index in [4.69, 9.17) is 4.74 Å². The Morgan fingerprint density at radius 2 is 1.83 bits per heavy atom. The van der Waals surface area contributed by atoms with Crippen molar-refractivity contribution in [1.29, 1.82) is 0 Å². The normalized spacial score (nSPS) is 15.2. The lowest BCUT2D eigenvalue weighted by molar-refractivity contribution is -0.114. The smallest absolute Gasteiger partial charge is 0.122 e. The Balaban J connectivity index is 3.67. The van der Waals surface area contributed by atoms with Gasteiger partial charge in [0.2, 0.25) is 0 Å². The SMILES string of the molecule is CCC(CC=O)OC(C)CC=O. The molecule has 0 rings (SSSR count). The maximum Gasteiger partial charge on any atom is 0.122 e. The molecule has 2 unspecified atom stereocenters. The van der Waals surface area contributed by atoms with E-state index in [-0.39, 0.29) is 12.2 Å². The molecule has 0 aliphatic rings. The van der Waals surface area contributed by atoms with Crippen LogP contribution >= 0.6 is 0 Å². The van der Waals surface area contributed by atoms with E-state index in [0.717, 1.165) is 19.0 Å². The van der Waals surface area contributed by atoms with Crippen LogP contribution in [-0.2, 0) is 14.3 Å². The fraction of sp³-hybridized carbons (Fsp3) is 0.778. The Labute approximate surface area is 73.1 Å². The fourth-order valence-corrected chi connectivity index (χ4v) is 0.945. The second-order valence-corrected chi connectivity index (χ2v) is 2.78. The van der Waals surface area contributed by atoms with Gasteiger partial charge in [-0.15, -0.1) is 0 Å². The summed E-state index contributed by atoms with van der Waals surface area (Å²) in [5.41, 5.74) is 0. The lowest BCUT2D eigenvalue weighted by Gasteiger charge is -2.17. The summed E-state index contributed by atoms with van der Waals surface area (Å²) in [5.74, 6) is 0. The fourth-order valence-electron chi connectivity index (χ4n) is 0.945. The zero-order valence-corrected chi connectivity index (χ0v) is 7.66. The Hall–Kier alpha value is -0.700. The van der Waals surface area contributed by atoms with Crippen LogP contribution in [0.15, 0.2) is 0 Å². The first-order valence-corrected chi connectivity index (χ1v) is 4.27. The van der Waals surface area contributed by atoms with Crippen LogP contribution in [0.4, 0.5) is 0 Å². The van der Waals surface area contributed by atoms with Crippen LogP contribution in [0.25, 0.3) is 0 Å². The highest BCUT2D eigenvalue weighted by molar-refractivity contribution is 5.50. The monoisotopic (exact) mass is 172 g/mol. The van der Waals surface area contributed by atoms with Crippen molar-refractivity contribution in [1.82, 2.24) is 0 Å². The van der Waals surface area contributed by atoms with Crippen molar-refractivity contribution < 1.29 is 14.3 Å². The van der Waals surface area contributed by atoms with E-state index in [2.05, 4.69) is 0 Å². The summed E-state index contributed by atoms with van der Waals surface area (Å²) in [4.78, 5) is 20.3. The second kappa shape index (κ2) is 6.98. The van der Waals surface area contributed by atoms with E-state index >= 15 is 0 Å². The molecule has 3 nitrogen and oxygen atoms in total. The average Bonchev–Trinajstić information content (AvgIpc) is 2.04. The van der Waals surface area contributed by atoms with Gasteiger partial charge in [-0.25, -0.2) is 0 Å². The van der Waals surface area contributed by atoms with Gasteiger partial charge in [0.1, 0.15) is 12.6 Å². The molecule has 0 saturated heterocycles. The molecule has 0 aliphatic heterocycles. The molecule has 0 aromatic heterocycles. The molecule has 3 heteroatoms. The third kappa shape index (κ3) is 5.02. The summed E-state index contributed by atoms with van der Waals surface area (Å²) >= 11 is 0. The quantitative estimate of drug-likeness (QED) is 0.544. The van der Waals surface area contributed by atoms with Crippen molar-refractivity contribution in [2.45, 2.75) is 45.3 Å². The second-order valence-electron chi connectivity index (χ2n) is 2.78. The van der Waals surface area contributed by atoms with Gasteiger partial charge in [-0.05, 0) is 13.3 Å². The van der Waals surface area contributed by atoms with Gasteiger partial charge in [0.05, 0.1) is 12.2 Å². The van der Waals surface area contributed by atoms with Crippen molar-refractivity contribution >= 4 is 12.6 Å². The first-order chi connectivity index (χ1) is 5.74. The van der Waals surface area contributed by atoms with Crippen molar-refractivity contribution in [3.8, 4) is 0 Å². The zero-order chi connectivity index (χ0) is 9.40. The lowest BCUT2D eigenvalue weighted by Crippen LogP contribution is -2.20. The molecule has 0 aromatic rings. The third-order valence-electron chi connectivity index (χ3n) is 1.67. The van der Waals surface area contributed by atoms with Crippen LogP contribution in [-0.4, -0.2) is 24.8 Å². The summed E-state index contributed by atoms with van der Waals surface area (Å²) in [7, 11) is 0. The van der Waals surface area contributed by atoms with Crippen LogP contribution in [0.3, 0.4) is 0 Å². The number of hydrogen-bond donors (Lipinski definition) is 0. The number of carbonyl (C=O) groups excluding carboxylic acids is 2. The number of carbonyl (C=O) groups is 2. The lowest BCUT2D eigenvalue weighted by atomic mass is 10.2. The van der Waals surface area contributed by atoms with Crippen molar-refractivity contribution in [3.05, 3.63) is 0 Å². The summed E-state index contributed by atoms with van der Waals surface area (Å²) < 4.78 is 5.42. The van der Waals surface area contributed by atoms with Gasteiger partial charge in [0.25, 0.3) is 0 Å². The minimum absolute atomic E-state index is 0.0301. The number of ether oxygens (including phenoxy) is 1. The van der Waals surface area contributed by atoms with Crippen LogP contribution in [0, 0.1) is 0 Å². The van der Waals surface area contributed by atoms with Gasteiger partial charge in [-0.1, -0.05) is 6.92 Å². The minimum Gasteiger partial charge on any atom is -0.374 e. The minimum atomic E-state index is -0.0765. The summed E-state index contributed by atoms with van der Waals surface area (Å²) in [6.45, 7) is 3.80. The first-order valence-electron chi connectivity index (χ1n) is 4.27.